The largest absolute Gasteiger partial charge is 0.490 e. The fraction of sp³-hybridized carbons (Fsp3) is 0.158. The maximum absolute atomic E-state index is 11.9. The van der Waals surface area contributed by atoms with Crippen LogP contribution in [0.15, 0.2) is 35.2 Å². The lowest BCUT2D eigenvalue weighted by molar-refractivity contribution is -0.115. The number of rotatable bonds is 6. The van der Waals surface area contributed by atoms with Gasteiger partial charge in [0.2, 0.25) is 0 Å². The minimum absolute atomic E-state index is 0.247. The second kappa shape index (κ2) is 9.37. The van der Waals surface area contributed by atoms with E-state index >= 15 is 0 Å². The highest BCUT2D eigenvalue weighted by atomic mass is 35.5. The molecule has 28 heavy (non-hydrogen) atoms. The van der Waals surface area contributed by atoms with Crippen molar-refractivity contribution in [2.75, 3.05) is 13.2 Å². The van der Waals surface area contributed by atoms with Gasteiger partial charge in [-0.3, -0.25) is 4.79 Å². The molecule has 0 spiro atoms. The van der Waals surface area contributed by atoms with Crippen LogP contribution in [0.1, 0.15) is 11.1 Å². The molecule has 1 aliphatic heterocycles. The first kappa shape index (κ1) is 21.3. The number of benzene rings is 2. The van der Waals surface area contributed by atoms with Gasteiger partial charge in [0.05, 0.1) is 9.93 Å². The summed E-state index contributed by atoms with van der Waals surface area (Å²) in [6.45, 7) is 2.45. The van der Waals surface area contributed by atoms with Gasteiger partial charge in [-0.05, 0) is 48.9 Å². The van der Waals surface area contributed by atoms with E-state index in [1.807, 2.05) is 13.0 Å². The van der Waals surface area contributed by atoms with Crippen LogP contribution in [-0.2, 0) is 4.79 Å². The van der Waals surface area contributed by atoms with Crippen LogP contribution in [0.4, 0.5) is 0 Å². The molecule has 1 amide bonds. The summed E-state index contributed by atoms with van der Waals surface area (Å²) in [7, 11) is 0. The first-order chi connectivity index (χ1) is 13.3. The number of carbonyl (C=O) groups excluding carboxylic acids is 1. The number of hydrogen-bond acceptors (Lipinski definition) is 5. The number of thiocarbonyl (C=S) groups is 1. The first-order valence-electron chi connectivity index (χ1n) is 8.09. The standard InChI is InChI=1S/C19H14Cl3NO3S2/c1-10-6-13(2-3-14(10)21)25-4-5-26-17-11(7-12(20)9-15(17)22)8-16-18(24)23-19(27)28-16/h2-3,6-9H,4-5H2,1H3,(H,23,24,27)/b16-8+. The first-order valence-corrected chi connectivity index (χ1v) is 10.4. The Morgan fingerprint density at radius 3 is 2.54 bits per heavy atom. The molecule has 0 saturated carbocycles. The third-order valence-electron chi connectivity index (χ3n) is 3.69. The van der Waals surface area contributed by atoms with Gasteiger partial charge in [0.15, 0.2) is 0 Å². The molecule has 1 heterocycles. The quantitative estimate of drug-likeness (QED) is 0.321. The fourth-order valence-electron chi connectivity index (χ4n) is 2.41. The van der Waals surface area contributed by atoms with Gasteiger partial charge < -0.3 is 14.8 Å². The van der Waals surface area contributed by atoms with Crippen LogP contribution in [0.2, 0.25) is 15.1 Å². The highest BCUT2D eigenvalue weighted by Crippen LogP contribution is 2.36. The Kier molecular flexibility index (Phi) is 7.12. The van der Waals surface area contributed by atoms with Crippen molar-refractivity contribution in [1.82, 2.24) is 5.32 Å². The summed E-state index contributed by atoms with van der Waals surface area (Å²) in [5.41, 5.74) is 1.52. The molecule has 3 rings (SSSR count). The van der Waals surface area contributed by atoms with Gasteiger partial charge in [0.1, 0.15) is 29.0 Å². The predicted octanol–water partition coefficient (Wildman–Crippen LogP) is 5.90. The highest BCUT2D eigenvalue weighted by molar-refractivity contribution is 8.26. The van der Waals surface area contributed by atoms with Crippen molar-refractivity contribution in [3.8, 4) is 11.5 Å². The molecule has 0 unspecified atom stereocenters. The number of nitrogens with one attached hydrogen (secondary N) is 1. The Bertz CT molecular complexity index is 979. The number of hydrogen-bond donors (Lipinski definition) is 1. The molecule has 1 fully saturated rings. The van der Waals surface area contributed by atoms with Crippen LogP contribution in [-0.4, -0.2) is 23.4 Å². The van der Waals surface area contributed by atoms with Crippen LogP contribution in [0.5, 0.6) is 11.5 Å². The number of amides is 1. The van der Waals surface area contributed by atoms with E-state index in [-0.39, 0.29) is 12.5 Å². The molecule has 1 aliphatic rings. The van der Waals surface area contributed by atoms with Gasteiger partial charge in [0, 0.05) is 15.6 Å². The van der Waals surface area contributed by atoms with E-state index in [4.69, 9.17) is 56.5 Å². The SMILES string of the molecule is Cc1cc(OCCOc2c(Cl)cc(Cl)cc2/C=C2/SC(=S)NC2=O)ccc1Cl. The van der Waals surface area contributed by atoms with E-state index in [9.17, 15) is 4.79 Å². The van der Waals surface area contributed by atoms with Crippen LogP contribution in [0.25, 0.3) is 6.08 Å². The molecule has 0 aliphatic carbocycles. The molecule has 1 N–H and O–H groups in total. The zero-order valence-electron chi connectivity index (χ0n) is 14.6. The van der Waals surface area contributed by atoms with Gasteiger partial charge in [0.25, 0.3) is 5.91 Å². The normalized spacial score (nSPS) is 15.1. The van der Waals surface area contributed by atoms with Crippen LogP contribution < -0.4 is 14.8 Å². The molecule has 2 aromatic rings. The maximum atomic E-state index is 11.9. The van der Waals surface area contributed by atoms with Crippen LogP contribution in [0, 0.1) is 6.92 Å². The number of aryl methyl sites for hydroxylation is 1. The minimum atomic E-state index is -0.265. The summed E-state index contributed by atoms with van der Waals surface area (Å²) in [6, 6.07) is 8.68. The van der Waals surface area contributed by atoms with E-state index in [1.165, 1.54) is 11.8 Å². The summed E-state index contributed by atoms with van der Waals surface area (Å²) < 4.78 is 11.9. The monoisotopic (exact) mass is 473 g/mol. The fourth-order valence-corrected chi connectivity index (χ4v) is 4.13. The molecule has 146 valence electrons. The zero-order chi connectivity index (χ0) is 20.3. The molecule has 0 atom stereocenters. The smallest absolute Gasteiger partial charge is 0.263 e. The van der Waals surface area contributed by atoms with Crippen molar-refractivity contribution in [1.29, 1.82) is 0 Å². The van der Waals surface area contributed by atoms with E-state index in [0.29, 0.717) is 48.0 Å². The van der Waals surface area contributed by atoms with Crippen molar-refractivity contribution < 1.29 is 14.3 Å². The zero-order valence-corrected chi connectivity index (χ0v) is 18.5. The van der Waals surface area contributed by atoms with Crippen molar-refractivity contribution in [3.05, 3.63) is 61.4 Å². The predicted molar refractivity (Wildman–Crippen MR) is 120 cm³/mol. The van der Waals surface area contributed by atoms with Crippen LogP contribution in [0.3, 0.4) is 0 Å². The lowest BCUT2D eigenvalue weighted by Crippen LogP contribution is -2.17. The van der Waals surface area contributed by atoms with Crippen molar-refractivity contribution in [2.45, 2.75) is 6.92 Å². The minimum Gasteiger partial charge on any atom is -0.490 e. The number of ether oxygens (including phenoxy) is 2. The summed E-state index contributed by atoms with van der Waals surface area (Å²) >= 11 is 24.6. The number of halogens is 3. The average Bonchev–Trinajstić information content (AvgIpc) is 2.93. The molecular formula is C19H14Cl3NO3S2. The van der Waals surface area contributed by atoms with Gasteiger partial charge in [-0.2, -0.15) is 0 Å². The highest BCUT2D eigenvalue weighted by Gasteiger charge is 2.23. The van der Waals surface area contributed by atoms with Crippen molar-refractivity contribution in [2.24, 2.45) is 0 Å². The summed E-state index contributed by atoms with van der Waals surface area (Å²) in [5.74, 6) is 0.849. The number of carbonyl (C=O) groups is 1. The molecule has 2 aromatic carbocycles. The van der Waals surface area contributed by atoms with Crippen LogP contribution >= 0.6 is 58.8 Å². The third kappa shape index (κ3) is 5.33. The van der Waals surface area contributed by atoms with E-state index in [0.717, 1.165) is 5.56 Å². The lowest BCUT2D eigenvalue weighted by Gasteiger charge is -2.13. The van der Waals surface area contributed by atoms with E-state index < -0.39 is 0 Å². The second-order valence-electron chi connectivity index (χ2n) is 5.77. The molecule has 0 radical (unpaired) electrons. The van der Waals surface area contributed by atoms with Gasteiger partial charge >= 0.3 is 0 Å². The Morgan fingerprint density at radius 2 is 1.86 bits per heavy atom. The summed E-state index contributed by atoms with van der Waals surface area (Å²) in [4.78, 5) is 12.4. The van der Waals surface area contributed by atoms with Gasteiger partial charge in [-0.1, -0.05) is 58.8 Å². The van der Waals surface area contributed by atoms with Gasteiger partial charge in [-0.15, -0.1) is 0 Å². The maximum Gasteiger partial charge on any atom is 0.263 e. The van der Waals surface area contributed by atoms with Gasteiger partial charge in [-0.25, -0.2) is 0 Å². The second-order valence-corrected chi connectivity index (χ2v) is 8.74. The van der Waals surface area contributed by atoms with Crippen molar-refractivity contribution >= 4 is 75.1 Å². The average molecular weight is 475 g/mol. The Balaban J connectivity index is 1.71. The Hall–Kier alpha value is -1.44. The third-order valence-corrected chi connectivity index (χ3v) is 5.78. The van der Waals surface area contributed by atoms with Crippen molar-refractivity contribution in [3.63, 3.8) is 0 Å². The molecule has 1 saturated heterocycles. The molecule has 0 aromatic heterocycles. The topological polar surface area (TPSA) is 47.6 Å². The molecule has 0 bridgehead atoms. The molecular weight excluding hydrogens is 461 g/mol. The Morgan fingerprint density at radius 1 is 1.11 bits per heavy atom. The molecule has 9 heteroatoms. The lowest BCUT2D eigenvalue weighted by atomic mass is 10.2. The molecule has 4 nitrogen and oxygen atoms in total. The van der Waals surface area contributed by atoms with E-state index in [1.54, 1.807) is 30.3 Å². The number of thioether (sulfide) groups is 1. The summed E-state index contributed by atoms with van der Waals surface area (Å²) in [6.07, 6.45) is 1.65. The summed E-state index contributed by atoms with van der Waals surface area (Å²) in [5, 5.41) is 4.02. The Labute approximate surface area is 187 Å². The van der Waals surface area contributed by atoms with E-state index in [2.05, 4.69) is 5.32 Å².